The van der Waals surface area contributed by atoms with Crippen LogP contribution in [0.1, 0.15) is 36.8 Å². The Balaban J connectivity index is 0.000000431. The summed E-state index contributed by atoms with van der Waals surface area (Å²) in [5.74, 6) is -1.49. The molecule has 2 aliphatic rings. The first-order valence-electron chi connectivity index (χ1n) is 8.80. The Hall–Kier alpha value is -1.66. The molecule has 1 N–H and O–H groups in total. The van der Waals surface area contributed by atoms with Gasteiger partial charge in [-0.2, -0.15) is 0 Å². The summed E-state index contributed by atoms with van der Waals surface area (Å²) in [5, 5.41) is 9.45. The van der Waals surface area contributed by atoms with Crippen molar-refractivity contribution in [1.29, 1.82) is 0 Å². The molecule has 1 heterocycles. The van der Waals surface area contributed by atoms with Crippen LogP contribution in [0.4, 0.5) is 4.39 Å². The summed E-state index contributed by atoms with van der Waals surface area (Å²) < 4.78 is 14.6. The Morgan fingerprint density at radius 1 is 1.38 bits per heavy atom. The van der Waals surface area contributed by atoms with E-state index in [2.05, 4.69) is 4.90 Å². The van der Waals surface area contributed by atoms with Crippen LogP contribution < -0.4 is 0 Å². The lowest BCUT2D eigenvalue weighted by atomic mass is 9.69. The van der Waals surface area contributed by atoms with Gasteiger partial charge in [-0.3, -0.25) is 14.5 Å². The van der Waals surface area contributed by atoms with Gasteiger partial charge in [0.05, 0.1) is 5.92 Å². The number of alkyl halides is 1. The number of carboxylic acids is 1. The highest BCUT2D eigenvalue weighted by Crippen LogP contribution is 2.49. The maximum atomic E-state index is 14.6. The fourth-order valence-electron chi connectivity index (χ4n) is 3.27. The number of hydrogen-bond donors (Lipinski definition) is 1. The lowest BCUT2D eigenvalue weighted by Crippen LogP contribution is -2.41. The second-order valence-corrected chi connectivity index (χ2v) is 7.67. The van der Waals surface area contributed by atoms with Crippen molar-refractivity contribution in [2.75, 3.05) is 27.2 Å². The second kappa shape index (κ2) is 8.82. The van der Waals surface area contributed by atoms with E-state index in [0.29, 0.717) is 10.6 Å². The minimum atomic E-state index is -1.53. The Kier molecular flexibility index (Phi) is 7.01. The topological polar surface area (TPSA) is 60.9 Å². The van der Waals surface area contributed by atoms with Crippen molar-refractivity contribution in [1.82, 2.24) is 9.80 Å². The van der Waals surface area contributed by atoms with Crippen molar-refractivity contribution < 1.29 is 19.1 Å². The minimum Gasteiger partial charge on any atom is -0.481 e. The molecule has 0 spiro atoms. The van der Waals surface area contributed by atoms with Gasteiger partial charge >= 0.3 is 5.97 Å². The van der Waals surface area contributed by atoms with Crippen LogP contribution >= 0.6 is 11.6 Å². The summed E-state index contributed by atoms with van der Waals surface area (Å²) in [4.78, 5) is 24.0. The molecule has 5 nitrogen and oxygen atoms in total. The van der Waals surface area contributed by atoms with Crippen LogP contribution in [0.3, 0.4) is 0 Å². The van der Waals surface area contributed by atoms with Crippen LogP contribution in [-0.2, 0) is 21.8 Å². The van der Waals surface area contributed by atoms with Gasteiger partial charge in [0, 0.05) is 25.7 Å². The van der Waals surface area contributed by atoms with Crippen molar-refractivity contribution in [3.63, 3.8) is 0 Å². The average molecular weight is 385 g/mol. The van der Waals surface area contributed by atoms with E-state index >= 15 is 0 Å². The van der Waals surface area contributed by atoms with Crippen molar-refractivity contribution in [2.45, 2.75) is 37.9 Å². The van der Waals surface area contributed by atoms with Gasteiger partial charge in [-0.1, -0.05) is 23.7 Å². The summed E-state index contributed by atoms with van der Waals surface area (Å²) in [7, 11) is 3.38. The second-order valence-electron chi connectivity index (χ2n) is 7.27. The van der Waals surface area contributed by atoms with Gasteiger partial charge in [0.15, 0.2) is 0 Å². The molecule has 1 aromatic rings. The maximum absolute atomic E-state index is 14.6. The van der Waals surface area contributed by atoms with Crippen molar-refractivity contribution in [2.24, 2.45) is 5.92 Å². The quantitative estimate of drug-likeness (QED) is 0.791. The zero-order chi connectivity index (χ0) is 19.3. The van der Waals surface area contributed by atoms with Crippen molar-refractivity contribution in [3.05, 3.63) is 34.3 Å². The highest BCUT2D eigenvalue weighted by molar-refractivity contribution is 6.31. The number of hydrogen-bond acceptors (Lipinski definition) is 3. The van der Waals surface area contributed by atoms with Crippen molar-refractivity contribution in [3.8, 4) is 0 Å². The van der Waals surface area contributed by atoms with E-state index in [-0.39, 0.29) is 12.8 Å². The summed E-state index contributed by atoms with van der Waals surface area (Å²) in [6, 6.07) is 5.31. The Morgan fingerprint density at radius 3 is 2.42 bits per heavy atom. The minimum absolute atomic E-state index is 0.0458. The molecule has 1 amide bonds. The number of amides is 1. The normalized spacial score (nSPS) is 25.0. The lowest BCUT2D eigenvalue weighted by Gasteiger charge is -2.39. The summed E-state index contributed by atoms with van der Waals surface area (Å²) in [6.45, 7) is 2.98. The van der Waals surface area contributed by atoms with Gasteiger partial charge in [-0.15, -0.1) is 0 Å². The molecular weight excluding hydrogens is 359 g/mol. The Labute approximate surface area is 158 Å². The summed E-state index contributed by atoms with van der Waals surface area (Å²) >= 11 is 6.28. The SMILES string of the molecule is CN(C)C=O.O=C(O)C1CC(F)(c2ccc(CN3CCCC3)c(Cl)c2)C1. The summed E-state index contributed by atoms with van der Waals surface area (Å²) in [5.41, 5.74) is -0.00557. The zero-order valence-corrected chi connectivity index (χ0v) is 16.0. The van der Waals surface area contributed by atoms with E-state index in [1.807, 2.05) is 6.07 Å². The van der Waals surface area contributed by atoms with Crippen LogP contribution in [0.15, 0.2) is 18.2 Å². The first kappa shape index (κ1) is 20.6. The van der Waals surface area contributed by atoms with E-state index in [1.165, 1.54) is 17.7 Å². The molecular formula is C19H26ClFN2O3. The number of carboxylic acid groups (broad SMARTS) is 1. The molecule has 2 fully saturated rings. The van der Waals surface area contributed by atoms with E-state index in [0.717, 1.165) is 31.6 Å². The predicted octanol–water partition coefficient (Wildman–Crippen LogP) is 3.30. The van der Waals surface area contributed by atoms with E-state index in [1.54, 1.807) is 26.2 Å². The number of carbonyl (C=O) groups excluding carboxylic acids is 1. The third kappa shape index (κ3) is 5.17. The molecule has 1 saturated heterocycles. The van der Waals surface area contributed by atoms with Gasteiger partial charge in [0.2, 0.25) is 6.41 Å². The van der Waals surface area contributed by atoms with E-state index in [9.17, 15) is 14.0 Å². The first-order valence-corrected chi connectivity index (χ1v) is 9.17. The number of carbonyl (C=O) groups is 2. The molecule has 0 atom stereocenters. The van der Waals surface area contributed by atoms with E-state index in [4.69, 9.17) is 16.7 Å². The zero-order valence-electron chi connectivity index (χ0n) is 15.3. The molecule has 26 heavy (non-hydrogen) atoms. The van der Waals surface area contributed by atoms with Crippen LogP contribution in [0.5, 0.6) is 0 Å². The number of benzene rings is 1. The Bertz CT molecular complexity index is 642. The smallest absolute Gasteiger partial charge is 0.306 e. The first-order chi connectivity index (χ1) is 12.2. The van der Waals surface area contributed by atoms with Gasteiger partial charge in [-0.25, -0.2) is 4.39 Å². The number of halogens is 2. The molecule has 7 heteroatoms. The Morgan fingerprint density at radius 2 is 1.96 bits per heavy atom. The fourth-order valence-corrected chi connectivity index (χ4v) is 3.51. The van der Waals surface area contributed by atoms with Crippen LogP contribution in [0.2, 0.25) is 5.02 Å². The molecule has 1 aliphatic carbocycles. The molecule has 0 radical (unpaired) electrons. The third-order valence-corrected chi connectivity index (χ3v) is 5.21. The van der Waals surface area contributed by atoms with Gasteiger partial charge < -0.3 is 10.0 Å². The molecule has 3 rings (SSSR count). The fraction of sp³-hybridized carbons (Fsp3) is 0.579. The molecule has 0 bridgehead atoms. The van der Waals surface area contributed by atoms with Crippen LogP contribution in [0, 0.1) is 5.92 Å². The van der Waals surface area contributed by atoms with Gasteiger partial charge in [0.1, 0.15) is 5.67 Å². The lowest BCUT2D eigenvalue weighted by molar-refractivity contribution is -0.152. The molecule has 144 valence electrons. The van der Waals surface area contributed by atoms with Crippen LogP contribution in [-0.4, -0.2) is 54.5 Å². The number of rotatable bonds is 5. The highest BCUT2D eigenvalue weighted by atomic mass is 35.5. The average Bonchev–Trinajstić information content (AvgIpc) is 3.07. The summed E-state index contributed by atoms with van der Waals surface area (Å²) in [6.07, 6.45) is 3.29. The largest absolute Gasteiger partial charge is 0.481 e. The van der Waals surface area contributed by atoms with E-state index < -0.39 is 17.6 Å². The van der Waals surface area contributed by atoms with Gasteiger partial charge in [0.25, 0.3) is 0 Å². The molecule has 1 aromatic carbocycles. The standard InChI is InChI=1S/C16H19ClFNO2.C3H7NO/c17-14-7-13(16(18)8-12(9-16)15(20)21)4-3-11(14)10-19-5-1-2-6-19;1-4(2)3-5/h3-4,7,12H,1-2,5-6,8-10H2,(H,20,21);3H,1-2H3. The van der Waals surface area contributed by atoms with Crippen LogP contribution in [0.25, 0.3) is 0 Å². The highest BCUT2D eigenvalue weighted by Gasteiger charge is 2.49. The number of aliphatic carboxylic acids is 1. The number of likely N-dealkylation sites (tertiary alicyclic amines) is 1. The molecule has 1 aliphatic heterocycles. The molecule has 0 aromatic heterocycles. The number of nitrogens with zero attached hydrogens (tertiary/aromatic N) is 2. The van der Waals surface area contributed by atoms with Gasteiger partial charge in [-0.05, 0) is 56.0 Å². The predicted molar refractivity (Wildman–Crippen MR) is 98.9 cm³/mol. The monoisotopic (exact) mass is 384 g/mol. The maximum Gasteiger partial charge on any atom is 0.306 e. The third-order valence-electron chi connectivity index (χ3n) is 4.86. The van der Waals surface area contributed by atoms with Crippen molar-refractivity contribution >= 4 is 24.0 Å². The molecule has 1 saturated carbocycles. The molecule has 0 unspecified atom stereocenters.